The van der Waals surface area contributed by atoms with Crippen LogP contribution in [0.5, 0.6) is 5.75 Å². The van der Waals surface area contributed by atoms with Gasteiger partial charge in [-0.05, 0) is 29.6 Å². The Hall–Kier alpha value is -2.71. The average Bonchev–Trinajstić information content (AvgIpc) is 3.36. The summed E-state index contributed by atoms with van der Waals surface area (Å²) in [5.41, 5.74) is 0.526. The molecule has 3 aromatic rings. The van der Waals surface area contributed by atoms with E-state index in [-0.39, 0.29) is 12.5 Å². The van der Waals surface area contributed by atoms with E-state index in [1.165, 1.54) is 11.3 Å². The lowest BCUT2D eigenvalue weighted by Crippen LogP contribution is -2.33. The van der Waals surface area contributed by atoms with E-state index in [0.29, 0.717) is 36.2 Å². The predicted molar refractivity (Wildman–Crippen MR) is 97.2 cm³/mol. The first-order valence-electron chi connectivity index (χ1n) is 8.00. The van der Waals surface area contributed by atoms with Crippen molar-refractivity contribution in [2.45, 2.75) is 6.54 Å². The summed E-state index contributed by atoms with van der Waals surface area (Å²) in [6, 6.07) is 10.8. The molecule has 0 saturated heterocycles. The van der Waals surface area contributed by atoms with Gasteiger partial charge in [-0.15, -0.1) is 21.5 Å². The quantitative estimate of drug-likeness (QED) is 0.604. The summed E-state index contributed by atoms with van der Waals surface area (Å²) in [4.78, 5) is 15.4. The molecule has 26 heavy (non-hydrogen) atoms. The molecule has 0 aliphatic rings. The third kappa shape index (κ3) is 4.27. The first-order valence-corrected chi connectivity index (χ1v) is 8.87. The predicted octanol–water partition coefficient (Wildman–Crippen LogP) is 3.10. The summed E-state index contributed by atoms with van der Waals surface area (Å²) in [5, 5.41) is 10.1. The number of carbonyl (C=O) groups is 1. The number of rotatable bonds is 8. The fourth-order valence-corrected chi connectivity index (χ4v) is 3.02. The zero-order valence-electron chi connectivity index (χ0n) is 14.5. The Balaban J connectivity index is 1.78. The molecular formula is C18H19N3O4S. The van der Waals surface area contributed by atoms with Crippen LogP contribution in [0.1, 0.15) is 16.2 Å². The highest BCUT2D eigenvalue weighted by Gasteiger charge is 2.20. The van der Waals surface area contributed by atoms with Crippen LogP contribution < -0.4 is 4.74 Å². The number of methoxy groups -OCH3 is 2. The summed E-state index contributed by atoms with van der Waals surface area (Å²) in [7, 11) is 3.16. The number of aromatic nitrogens is 2. The molecule has 2 aromatic heterocycles. The molecule has 7 nitrogen and oxygen atoms in total. The maximum absolute atomic E-state index is 12.9. The Bertz CT molecular complexity index is 848. The van der Waals surface area contributed by atoms with E-state index in [1.807, 2.05) is 17.5 Å². The van der Waals surface area contributed by atoms with Crippen LogP contribution in [0.3, 0.4) is 0 Å². The van der Waals surface area contributed by atoms with Gasteiger partial charge < -0.3 is 18.8 Å². The molecule has 2 heterocycles. The molecule has 0 aliphatic carbocycles. The van der Waals surface area contributed by atoms with Crippen LogP contribution in [0, 0.1) is 0 Å². The minimum absolute atomic E-state index is 0.156. The van der Waals surface area contributed by atoms with E-state index in [0.717, 1.165) is 4.88 Å². The van der Waals surface area contributed by atoms with Crippen molar-refractivity contribution < 1.29 is 18.7 Å². The summed E-state index contributed by atoms with van der Waals surface area (Å²) >= 11 is 1.52. The lowest BCUT2D eigenvalue weighted by Gasteiger charge is -2.21. The van der Waals surface area contributed by atoms with Gasteiger partial charge in [0, 0.05) is 19.2 Å². The van der Waals surface area contributed by atoms with E-state index in [2.05, 4.69) is 10.2 Å². The van der Waals surface area contributed by atoms with E-state index in [1.54, 1.807) is 43.4 Å². The van der Waals surface area contributed by atoms with Crippen LogP contribution in [-0.2, 0) is 11.3 Å². The van der Waals surface area contributed by atoms with Crippen molar-refractivity contribution in [2.24, 2.45) is 0 Å². The lowest BCUT2D eigenvalue weighted by atomic mass is 10.2. The summed E-state index contributed by atoms with van der Waals surface area (Å²) < 4.78 is 16.0. The molecule has 0 radical (unpaired) electrons. The zero-order chi connectivity index (χ0) is 18.4. The molecule has 8 heteroatoms. The second-order valence-corrected chi connectivity index (χ2v) is 6.38. The van der Waals surface area contributed by atoms with Gasteiger partial charge in [0.1, 0.15) is 5.75 Å². The second kappa shape index (κ2) is 8.59. The van der Waals surface area contributed by atoms with Gasteiger partial charge >= 0.3 is 0 Å². The molecule has 0 atom stereocenters. The van der Waals surface area contributed by atoms with Crippen molar-refractivity contribution in [3.63, 3.8) is 0 Å². The highest BCUT2D eigenvalue weighted by atomic mass is 32.1. The van der Waals surface area contributed by atoms with Gasteiger partial charge in [0.05, 0.1) is 25.1 Å². The number of nitrogens with zero attached hydrogens (tertiary/aromatic N) is 3. The molecule has 0 aliphatic heterocycles. The monoisotopic (exact) mass is 373 g/mol. The van der Waals surface area contributed by atoms with Crippen molar-refractivity contribution in [1.29, 1.82) is 0 Å². The number of ether oxygens (including phenoxy) is 2. The van der Waals surface area contributed by atoms with Crippen LogP contribution in [0.25, 0.3) is 10.8 Å². The Morgan fingerprint density at radius 3 is 2.85 bits per heavy atom. The fraction of sp³-hybridized carbons (Fsp3) is 0.278. The zero-order valence-corrected chi connectivity index (χ0v) is 15.4. The number of hydrogen-bond donors (Lipinski definition) is 0. The maximum atomic E-state index is 12.9. The first-order chi connectivity index (χ1) is 12.7. The van der Waals surface area contributed by atoms with E-state index >= 15 is 0 Å². The number of thiophene rings is 1. The third-order valence-electron chi connectivity index (χ3n) is 3.69. The smallest absolute Gasteiger partial charge is 0.257 e. The van der Waals surface area contributed by atoms with Gasteiger partial charge in [0.15, 0.2) is 0 Å². The molecule has 1 amide bonds. The number of hydrogen-bond acceptors (Lipinski definition) is 7. The topological polar surface area (TPSA) is 77.7 Å². The molecule has 0 bridgehead atoms. The standard InChI is InChI=1S/C18H19N3O4S/c1-23-9-8-21(18(22)13-5-3-6-14(11-13)24-2)12-16-19-20-17(25-16)15-7-4-10-26-15/h3-7,10-11H,8-9,12H2,1-2H3. The van der Waals surface area contributed by atoms with Crippen molar-refractivity contribution >= 4 is 17.2 Å². The second-order valence-electron chi connectivity index (χ2n) is 5.43. The minimum Gasteiger partial charge on any atom is -0.497 e. The van der Waals surface area contributed by atoms with Gasteiger partial charge in [0.2, 0.25) is 5.89 Å². The lowest BCUT2D eigenvalue weighted by molar-refractivity contribution is 0.0663. The van der Waals surface area contributed by atoms with Crippen LogP contribution in [0.2, 0.25) is 0 Å². The van der Waals surface area contributed by atoms with Crippen LogP contribution in [0.4, 0.5) is 0 Å². The van der Waals surface area contributed by atoms with Gasteiger partial charge in [-0.1, -0.05) is 12.1 Å². The van der Waals surface area contributed by atoms with Gasteiger partial charge in [-0.3, -0.25) is 4.79 Å². The molecule has 0 spiro atoms. The molecule has 0 fully saturated rings. The average molecular weight is 373 g/mol. The Morgan fingerprint density at radius 2 is 2.12 bits per heavy atom. The molecular weight excluding hydrogens is 354 g/mol. The fourth-order valence-electron chi connectivity index (χ4n) is 2.37. The first kappa shape index (κ1) is 18.1. The molecule has 1 aromatic carbocycles. The highest BCUT2D eigenvalue weighted by molar-refractivity contribution is 7.13. The Labute approximate surface area is 155 Å². The van der Waals surface area contributed by atoms with Crippen molar-refractivity contribution in [2.75, 3.05) is 27.4 Å². The largest absolute Gasteiger partial charge is 0.497 e. The number of amides is 1. The summed E-state index contributed by atoms with van der Waals surface area (Å²) in [5.74, 6) is 1.30. The maximum Gasteiger partial charge on any atom is 0.257 e. The number of benzene rings is 1. The highest BCUT2D eigenvalue weighted by Crippen LogP contribution is 2.23. The van der Waals surface area contributed by atoms with E-state index in [9.17, 15) is 4.79 Å². The molecule has 3 rings (SSSR count). The van der Waals surface area contributed by atoms with Crippen molar-refractivity contribution in [3.05, 3.63) is 53.2 Å². The van der Waals surface area contributed by atoms with Gasteiger partial charge in [-0.25, -0.2) is 0 Å². The van der Waals surface area contributed by atoms with Crippen LogP contribution >= 0.6 is 11.3 Å². The van der Waals surface area contributed by atoms with Crippen molar-refractivity contribution in [1.82, 2.24) is 15.1 Å². The molecule has 0 N–H and O–H groups in total. The molecule has 0 unspecified atom stereocenters. The molecule has 0 saturated carbocycles. The minimum atomic E-state index is -0.156. The Kier molecular flexibility index (Phi) is 5.98. The summed E-state index contributed by atoms with van der Waals surface area (Å²) in [6.45, 7) is 1.02. The van der Waals surface area contributed by atoms with E-state index in [4.69, 9.17) is 13.9 Å². The van der Waals surface area contributed by atoms with Crippen LogP contribution in [0.15, 0.2) is 46.2 Å². The molecule has 136 valence electrons. The normalized spacial score (nSPS) is 10.7. The summed E-state index contributed by atoms with van der Waals surface area (Å²) in [6.07, 6.45) is 0. The van der Waals surface area contributed by atoms with E-state index < -0.39 is 0 Å². The van der Waals surface area contributed by atoms with Crippen molar-refractivity contribution in [3.8, 4) is 16.5 Å². The third-order valence-corrected chi connectivity index (χ3v) is 4.55. The SMILES string of the molecule is COCCN(Cc1nnc(-c2cccs2)o1)C(=O)c1cccc(OC)c1. The van der Waals surface area contributed by atoms with Gasteiger partial charge in [-0.2, -0.15) is 0 Å². The van der Waals surface area contributed by atoms with Crippen LogP contribution in [-0.4, -0.2) is 48.4 Å². The number of carbonyl (C=O) groups excluding carboxylic acids is 1. The van der Waals surface area contributed by atoms with Gasteiger partial charge in [0.25, 0.3) is 11.8 Å². The Morgan fingerprint density at radius 1 is 1.23 bits per heavy atom.